The Hall–Kier alpha value is -3.56. The van der Waals surface area contributed by atoms with E-state index in [0.717, 1.165) is 0 Å². The molecule has 0 radical (unpaired) electrons. The summed E-state index contributed by atoms with van der Waals surface area (Å²) in [6.45, 7) is 4.17. The molecule has 4 rings (SSSR count). The number of benzene rings is 3. The number of hydrogen-bond donors (Lipinski definition) is 0. The van der Waals surface area contributed by atoms with E-state index < -0.39 is 24.8 Å². The number of hydrogen-bond acceptors (Lipinski definition) is 6. The van der Waals surface area contributed by atoms with Crippen LogP contribution in [0.3, 0.4) is 0 Å². The van der Waals surface area contributed by atoms with E-state index >= 15 is 0 Å². The minimum Gasteiger partial charge on any atom is -0.240 e. The molecule has 0 aliphatic rings. The van der Waals surface area contributed by atoms with Crippen LogP contribution in [0, 0.1) is 11.3 Å². The number of nitriles is 1. The van der Waals surface area contributed by atoms with Gasteiger partial charge in [0, 0.05) is 34.9 Å². The molecule has 0 aliphatic heterocycles. The zero-order valence-corrected chi connectivity index (χ0v) is 24.4. The summed E-state index contributed by atoms with van der Waals surface area (Å²) < 4.78 is 56.6. The predicted octanol–water partition coefficient (Wildman–Crippen LogP) is 5.67. The molecule has 0 fully saturated rings. The monoisotopic (exact) mass is 624 g/mol. The van der Waals surface area contributed by atoms with Gasteiger partial charge in [0.2, 0.25) is 19.9 Å². The second kappa shape index (κ2) is 11.7. The first-order valence-corrected chi connectivity index (χ1v) is 15.7. The summed E-state index contributed by atoms with van der Waals surface area (Å²) in [6.07, 6.45) is 2.88. The van der Waals surface area contributed by atoms with Gasteiger partial charge >= 0.3 is 0 Å². The van der Waals surface area contributed by atoms with Crippen LogP contribution in [0.4, 0.5) is 0 Å². The molecule has 1 heterocycles. The molecule has 11 heteroatoms. The molecule has 0 atom stereocenters. The summed E-state index contributed by atoms with van der Waals surface area (Å²) in [5.74, 6) is 0. The molecular formula is C28H25BrN4O4S2. The lowest BCUT2D eigenvalue weighted by molar-refractivity contribution is 0.445. The second-order valence-electron chi connectivity index (χ2n) is 8.41. The van der Waals surface area contributed by atoms with Gasteiger partial charge in [-0.1, -0.05) is 60.1 Å². The third kappa shape index (κ3) is 5.89. The molecule has 0 saturated carbocycles. The van der Waals surface area contributed by atoms with E-state index in [-0.39, 0.29) is 9.79 Å². The highest BCUT2D eigenvalue weighted by atomic mass is 79.9. The number of para-hydroxylation sites is 1. The fourth-order valence-corrected chi connectivity index (χ4v) is 6.92. The van der Waals surface area contributed by atoms with Crippen LogP contribution in [0.1, 0.15) is 19.4 Å². The van der Waals surface area contributed by atoms with E-state index in [9.17, 15) is 22.1 Å². The normalized spacial score (nSPS) is 12.4. The van der Waals surface area contributed by atoms with Crippen LogP contribution in [0.25, 0.3) is 23.0 Å². The Morgan fingerprint density at radius 2 is 1.62 bits per heavy atom. The Kier molecular flexibility index (Phi) is 8.51. The van der Waals surface area contributed by atoms with Gasteiger partial charge in [-0.15, -0.1) is 0 Å². The number of nitrogens with zero attached hydrogens (tertiary/aromatic N) is 4. The lowest BCUT2D eigenvalue weighted by atomic mass is 10.1. The summed E-state index contributed by atoms with van der Waals surface area (Å²) >= 11 is 3.29. The van der Waals surface area contributed by atoms with Crippen molar-refractivity contribution in [3.05, 3.63) is 100 Å². The minimum absolute atomic E-state index is 0.0252. The summed E-state index contributed by atoms with van der Waals surface area (Å²) in [6, 6.07) is 23.4. The summed E-state index contributed by atoms with van der Waals surface area (Å²) in [4.78, 5) is -0.399. The van der Waals surface area contributed by atoms with Crippen LogP contribution < -0.4 is 0 Å². The fraction of sp³-hybridized carbons (Fsp3) is 0.143. The van der Waals surface area contributed by atoms with E-state index in [4.69, 9.17) is 0 Å². The maximum absolute atomic E-state index is 13.3. The molecule has 200 valence electrons. The highest BCUT2D eigenvalue weighted by Gasteiger charge is 2.25. The van der Waals surface area contributed by atoms with Gasteiger partial charge in [-0.05, 0) is 54.6 Å². The third-order valence-electron chi connectivity index (χ3n) is 6.02. The Morgan fingerprint density at radius 1 is 0.949 bits per heavy atom. The zero-order chi connectivity index (χ0) is 28.2. The van der Waals surface area contributed by atoms with Crippen molar-refractivity contribution in [2.24, 2.45) is 0 Å². The van der Waals surface area contributed by atoms with Crippen molar-refractivity contribution >= 4 is 41.9 Å². The van der Waals surface area contributed by atoms with Crippen LogP contribution >= 0.6 is 15.9 Å². The Bertz CT molecular complexity index is 1770. The molecule has 0 aliphatic carbocycles. The van der Waals surface area contributed by atoms with E-state index in [2.05, 4.69) is 21.0 Å². The molecular weight excluding hydrogens is 600 g/mol. The summed E-state index contributed by atoms with van der Waals surface area (Å²) in [5, 5.41) is 14.5. The molecule has 3 aromatic carbocycles. The molecule has 0 saturated heterocycles. The molecule has 39 heavy (non-hydrogen) atoms. The van der Waals surface area contributed by atoms with E-state index in [0.29, 0.717) is 40.1 Å². The molecule has 0 amide bonds. The maximum Gasteiger partial charge on any atom is 0.243 e. The topological polar surface area (TPSA) is 113 Å². The van der Waals surface area contributed by atoms with Gasteiger partial charge in [0.1, 0.15) is 16.7 Å². The van der Waals surface area contributed by atoms with Crippen LogP contribution in [-0.2, 0) is 19.9 Å². The molecule has 1 aromatic heterocycles. The predicted molar refractivity (Wildman–Crippen MR) is 154 cm³/mol. The van der Waals surface area contributed by atoms with Crippen molar-refractivity contribution < 1.29 is 16.8 Å². The minimum atomic E-state index is -4.13. The quantitative estimate of drug-likeness (QED) is 0.222. The van der Waals surface area contributed by atoms with Gasteiger partial charge in [-0.3, -0.25) is 0 Å². The Labute approximate surface area is 236 Å². The summed E-state index contributed by atoms with van der Waals surface area (Å²) in [7, 11) is -7.88. The highest BCUT2D eigenvalue weighted by Crippen LogP contribution is 2.30. The molecule has 0 unspecified atom stereocenters. The van der Waals surface area contributed by atoms with Crippen LogP contribution in [0.15, 0.2) is 104 Å². The average Bonchev–Trinajstić information content (AvgIpc) is 3.37. The number of aromatic nitrogens is 2. The first kappa shape index (κ1) is 28.4. The number of allylic oxidation sites excluding steroid dienone is 1. The lowest BCUT2D eigenvalue weighted by Gasteiger charge is -2.18. The third-order valence-corrected chi connectivity index (χ3v) is 10.3. The van der Waals surface area contributed by atoms with E-state index in [1.165, 1.54) is 34.6 Å². The molecule has 0 bridgehead atoms. The van der Waals surface area contributed by atoms with E-state index in [1.807, 2.05) is 36.4 Å². The van der Waals surface area contributed by atoms with Crippen LogP contribution in [0.2, 0.25) is 0 Å². The lowest BCUT2D eigenvalue weighted by Crippen LogP contribution is -2.30. The van der Waals surface area contributed by atoms with Crippen LogP contribution in [-0.4, -0.2) is 44.0 Å². The smallest absolute Gasteiger partial charge is 0.240 e. The molecule has 4 aromatic rings. The van der Waals surface area contributed by atoms with Crippen molar-refractivity contribution in [1.82, 2.24) is 14.1 Å². The SMILES string of the molecule is CCN(CC)S(=O)(=O)c1cccc(-c2nn(-c3ccccc3)cc2/C=C(\C#N)S(=O)(=O)c2ccc(Br)cc2)c1. The van der Waals surface area contributed by atoms with Crippen LogP contribution in [0.5, 0.6) is 0 Å². The van der Waals surface area contributed by atoms with Gasteiger partial charge in [-0.2, -0.15) is 14.7 Å². The maximum atomic E-state index is 13.3. The standard InChI is InChI=1S/C28H25BrN4O4S2/c1-3-32(4-2)39(36,37)26-12-8-9-21(17-26)28-22(20-33(31-28)24-10-6-5-7-11-24)18-27(19-30)38(34,35)25-15-13-23(29)14-16-25/h5-18,20H,3-4H2,1-2H3/b27-18+. The van der Waals surface area contributed by atoms with Crippen molar-refractivity contribution in [3.8, 4) is 23.0 Å². The second-order valence-corrected chi connectivity index (χ2v) is 13.2. The van der Waals surface area contributed by atoms with Gasteiger partial charge in [0.25, 0.3) is 0 Å². The highest BCUT2D eigenvalue weighted by molar-refractivity contribution is 9.10. The van der Waals surface area contributed by atoms with Gasteiger partial charge in [0.15, 0.2) is 0 Å². The molecule has 0 spiro atoms. The Balaban J connectivity index is 1.91. The van der Waals surface area contributed by atoms with E-state index in [1.54, 1.807) is 49.0 Å². The zero-order valence-electron chi connectivity index (χ0n) is 21.2. The largest absolute Gasteiger partial charge is 0.243 e. The van der Waals surface area contributed by atoms with Crippen molar-refractivity contribution in [1.29, 1.82) is 5.26 Å². The van der Waals surface area contributed by atoms with Crippen molar-refractivity contribution in [3.63, 3.8) is 0 Å². The van der Waals surface area contributed by atoms with Gasteiger partial charge < -0.3 is 0 Å². The number of halogens is 1. The van der Waals surface area contributed by atoms with Gasteiger partial charge in [0.05, 0.1) is 15.5 Å². The first-order chi connectivity index (χ1) is 18.6. The number of rotatable bonds is 9. The summed E-state index contributed by atoms with van der Waals surface area (Å²) in [5.41, 5.74) is 1.84. The molecule has 8 nitrogen and oxygen atoms in total. The average molecular weight is 626 g/mol. The molecule has 0 N–H and O–H groups in total. The van der Waals surface area contributed by atoms with Gasteiger partial charge in [-0.25, -0.2) is 21.5 Å². The number of sulfone groups is 1. The van der Waals surface area contributed by atoms with Crippen molar-refractivity contribution in [2.75, 3.05) is 13.1 Å². The van der Waals surface area contributed by atoms with Crippen molar-refractivity contribution in [2.45, 2.75) is 23.6 Å². The number of sulfonamides is 1. The fourth-order valence-electron chi connectivity index (χ4n) is 4.00. The first-order valence-electron chi connectivity index (χ1n) is 12.0. The Morgan fingerprint density at radius 3 is 2.23 bits per heavy atom.